The normalized spacial score (nSPS) is 11.7. The van der Waals surface area contributed by atoms with Crippen LogP contribution in [0.25, 0.3) is 22.3 Å². The number of nitrogens with zero attached hydrogens (tertiary/aromatic N) is 3. The van der Waals surface area contributed by atoms with Crippen LogP contribution in [0.3, 0.4) is 0 Å². The van der Waals surface area contributed by atoms with Crippen molar-refractivity contribution in [3.8, 4) is 22.9 Å². The maximum atomic E-state index is 12.7. The van der Waals surface area contributed by atoms with E-state index in [1.165, 1.54) is 18.5 Å². The van der Waals surface area contributed by atoms with E-state index in [0.717, 1.165) is 21.5 Å². The van der Waals surface area contributed by atoms with Crippen molar-refractivity contribution >= 4 is 33.6 Å². The average Bonchev–Trinajstić information content (AvgIpc) is 3.03. The molecule has 2 aromatic carbocycles. The Hall–Kier alpha value is -2.69. The van der Waals surface area contributed by atoms with Gasteiger partial charge in [-0.05, 0) is 46.9 Å². The minimum Gasteiger partial charge on any atom is -0.437 e. The van der Waals surface area contributed by atoms with Gasteiger partial charge in [0, 0.05) is 11.6 Å². The molecule has 0 atom stereocenters. The number of para-hydroxylation sites is 1. The number of H-pyrrole nitrogens is 1. The summed E-state index contributed by atoms with van der Waals surface area (Å²) in [6, 6.07) is 11.8. The molecule has 2 aromatic heterocycles. The Kier molecular flexibility index (Phi) is 4.46. The number of fused-ring (bicyclic) bond motifs is 1. The summed E-state index contributed by atoms with van der Waals surface area (Å²) < 4.78 is 44.7. The number of hydrogen-bond acceptors (Lipinski definition) is 4. The molecule has 0 spiro atoms. The van der Waals surface area contributed by atoms with E-state index in [4.69, 9.17) is 4.74 Å². The number of nitrogens with one attached hydrogen (secondary N) is 1. The second-order valence-corrected chi connectivity index (χ2v) is 6.62. The van der Waals surface area contributed by atoms with Crippen LogP contribution in [0, 0.1) is 3.83 Å². The molecule has 4 rings (SSSR count). The van der Waals surface area contributed by atoms with Gasteiger partial charge in [0.05, 0.1) is 16.8 Å². The van der Waals surface area contributed by atoms with Crippen molar-refractivity contribution in [1.29, 1.82) is 0 Å². The van der Waals surface area contributed by atoms with Gasteiger partial charge < -0.3 is 9.72 Å². The van der Waals surface area contributed by atoms with Crippen LogP contribution in [-0.2, 0) is 6.18 Å². The van der Waals surface area contributed by atoms with Crippen LogP contribution in [0.2, 0.25) is 0 Å². The number of imidazole rings is 1. The van der Waals surface area contributed by atoms with E-state index >= 15 is 0 Å². The van der Waals surface area contributed by atoms with Gasteiger partial charge in [-0.15, -0.1) is 0 Å². The number of benzene rings is 2. The maximum absolute atomic E-state index is 12.7. The third kappa shape index (κ3) is 3.72. The summed E-state index contributed by atoms with van der Waals surface area (Å²) in [4.78, 5) is 15.7. The quantitative estimate of drug-likeness (QED) is 0.396. The number of aromatic amines is 1. The van der Waals surface area contributed by atoms with Crippen LogP contribution < -0.4 is 4.74 Å². The largest absolute Gasteiger partial charge is 0.437 e. The third-order valence-corrected chi connectivity index (χ3v) is 4.32. The van der Waals surface area contributed by atoms with Crippen LogP contribution in [0.4, 0.5) is 13.2 Å². The first-order valence-electron chi connectivity index (χ1n) is 7.72. The lowest BCUT2D eigenvalue weighted by Crippen LogP contribution is -2.04. The molecule has 0 aliphatic rings. The van der Waals surface area contributed by atoms with Gasteiger partial charge in [0.15, 0.2) is 9.58 Å². The molecule has 0 fully saturated rings. The number of aromatic nitrogens is 4. The lowest BCUT2D eigenvalue weighted by Gasteiger charge is -2.09. The van der Waals surface area contributed by atoms with Crippen molar-refractivity contribution < 1.29 is 17.9 Å². The molecule has 4 aromatic rings. The zero-order valence-electron chi connectivity index (χ0n) is 13.5. The van der Waals surface area contributed by atoms with Crippen molar-refractivity contribution in [2.45, 2.75) is 6.18 Å². The van der Waals surface area contributed by atoms with Gasteiger partial charge in [-0.1, -0.05) is 18.2 Å². The van der Waals surface area contributed by atoms with Gasteiger partial charge in [0.2, 0.25) is 5.88 Å². The van der Waals surface area contributed by atoms with Crippen LogP contribution in [0.15, 0.2) is 54.9 Å². The molecule has 9 heteroatoms. The number of hydrogen-bond donors (Lipinski definition) is 1. The molecule has 2 heterocycles. The molecular formula is C18H10F3IN4O. The second kappa shape index (κ2) is 6.80. The fourth-order valence-electron chi connectivity index (χ4n) is 2.55. The summed E-state index contributed by atoms with van der Waals surface area (Å²) in [7, 11) is 0. The summed E-state index contributed by atoms with van der Waals surface area (Å²) in [5, 5.41) is 0. The van der Waals surface area contributed by atoms with E-state index in [0.29, 0.717) is 22.5 Å². The maximum Gasteiger partial charge on any atom is 0.416 e. The molecule has 0 aliphatic heterocycles. The predicted molar refractivity (Wildman–Crippen MR) is 101 cm³/mol. The second-order valence-electron chi connectivity index (χ2n) is 5.60. The van der Waals surface area contributed by atoms with E-state index in [-0.39, 0.29) is 5.88 Å². The van der Waals surface area contributed by atoms with Crippen LogP contribution >= 0.6 is 22.6 Å². The molecule has 0 unspecified atom stereocenters. The molecule has 0 aliphatic carbocycles. The molecule has 0 saturated carbocycles. The monoisotopic (exact) mass is 482 g/mol. The summed E-state index contributed by atoms with van der Waals surface area (Å²) in [6.07, 6.45) is -3.07. The van der Waals surface area contributed by atoms with E-state index in [1.54, 1.807) is 12.1 Å². The van der Waals surface area contributed by atoms with Gasteiger partial charge in [-0.25, -0.2) is 15.0 Å². The molecule has 0 amide bonds. The van der Waals surface area contributed by atoms with Gasteiger partial charge in [-0.3, -0.25) is 0 Å². The lowest BCUT2D eigenvalue weighted by atomic mass is 10.1. The highest BCUT2D eigenvalue weighted by molar-refractivity contribution is 14.1. The fraction of sp³-hybridized carbons (Fsp3) is 0.0556. The first-order valence-corrected chi connectivity index (χ1v) is 8.80. The van der Waals surface area contributed by atoms with Gasteiger partial charge in [0.1, 0.15) is 11.8 Å². The standard InChI is InChI=1S/C18H10F3IN4O/c19-18(20,21)11-6-4-10(5-7-11)13-8-15(24-9-23-13)27-14-3-1-2-12-16(14)26-17(22)25-12/h1-9H,(H,25,26). The molecule has 0 bridgehead atoms. The van der Waals surface area contributed by atoms with Crippen molar-refractivity contribution in [3.05, 3.63) is 64.3 Å². The summed E-state index contributed by atoms with van der Waals surface area (Å²) in [5.74, 6) is 0.786. The van der Waals surface area contributed by atoms with E-state index in [2.05, 4.69) is 42.5 Å². The number of rotatable bonds is 3. The van der Waals surface area contributed by atoms with Crippen molar-refractivity contribution in [2.24, 2.45) is 0 Å². The first-order chi connectivity index (χ1) is 12.9. The number of halogens is 4. The Balaban J connectivity index is 1.64. The van der Waals surface area contributed by atoms with Crippen molar-refractivity contribution in [2.75, 3.05) is 0 Å². The summed E-state index contributed by atoms with van der Waals surface area (Å²) >= 11 is 2.07. The first kappa shape index (κ1) is 17.7. The highest BCUT2D eigenvalue weighted by Crippen LogP contribution is 2.32. The molecule has 136 valence electrons. The Morgan fingerprint density at radius 1 is 1.00 bits per heavy atom. The molecular weight excluding hydrogens is 472 g/mol. The lowest BCUT2D eigenvalue weighted by molar-refractivity contribution is -0.137. The molecule has 0 radical (unpaired) electrons. The minimum absolute atomic E-state index is 0.269. The highest BCUT2D eigenvalue weighted by Gasteiger charge is 2.30. The highest BCUT2D eigenvalue weighted by atomic mass is 127. The van der Waals surface area contributed by atoms with Gasteiger partial charge in [-0.2, -0.15) is 13.2 Å². The van der Waals surface area contributed by atoms with Crippen LogP contribution in [0.1, 0.15) is 5.56 Å². The summed E-state index contributed by atoms with van der Waals surface area (Å²) in [6.45, 7) is 0. The van der Waals surface area contributed by atoms with Gasteiger partial charge >= 0.3 is 6.18 Å². The molecule has 27 heavy (non-hydrogen) atoms. The average molecular weight is 482 g/mol. The van der Waals surface area contributed by atoms with Crippen LogP contribution in [-0.4, -0.2) is 19.9 Å². The summed E-state index contributed by atoms with van der Waals surface area (Å²) in [5.41, 5.74) is 1.77. The third-order valence-electron chi connectivity index (χ3n) is 3.81. The Morgan fingerprint density at radius 3 is 2.52 bits per heavy atom. The fourth-order valence-corrected chi connectivity index (χ4v) is 3.09. The molecule has 5 nitrogen and oxygen atoms in total. The Bertz CT molecular complexity index is 1110. The minimum atomic E-state index is -4.38. The SMILES string of the molecule is FC(F)(F)c1ccc(-c2cc(Oc3cccc4[nH]c(I)nc34)ncn2)cc1. The van der Waals surface area contributed by atoms with E-state index in [1.807, 2.05) is 12.1 Å². The van der Waals surface area contributed by atoms with E-state index in [9.17, 15) is 13.2 Å². The number of alkyl halides is 3. The van der Waals surface area contributed by atoms with Gasteiger partial charge in [0.25, 0.3) is 0 Å². The van der Waals surface area contributed by atoms with Crippen LogP contribution in [0.5, 0.6) is 11.6 Å². The van der Waals surface area contributed by atoms with E-state index < -0.39 is 11.7 Å². The predicted octanol–water partition coefficient (Wildman–Crippen LogP) is 5.44. The molecule has 0 saturated heterocycles. The zero-order chi connectivity index (χ0) is 19.0. The zero-order valence-corrected chi connectivity index (χ0v) is 15.6. The van der Waals surface area contributed by atoms with Crippen molar-refractivity contribution in [3.63, 3.8) is 0 Å². The number of ether oxygens (including phenoxy) is 1. The smallest absolute Gasteiger partial charge is 0.416 e. The molecule has 1 N–H and O–H groups in total. The topological polar surface area (TPSA) is 63.7 Å². The van der Waals surface area contributed by atoms with Crippen molar-refractivity contribution in [1.82, 2.24) is 19.9 Å². The Morgan fingerprint density at radius 2 is 1.78 bits per heavy atom. The Labute approximate surface area is 164 Å².